The lowest BCUT2D eigenvalue weighted by Gasteiger charge is -2.50. The van der Waals surface area contributed by atoms with Gasteiger partial charge in [-0.15, -0.1) is 0 Å². The summed E-state index contributed by atoms with van der Waals surface area (Å²) < 4.78 is 42.3. The van der Waals surface area contributed by atoms with Crippen LogP contribution in [-0.2, 0) is 9.53 Å². The Labute approximate surface area is 118 Å². The lowest BCUT2D eigenvalue weighted by molar-refractivity contribution is -0.161. The molecule has 0 heterocycles. The van der Waals surface area contributed by atoms with Crippen LogP contribution in [0.2, 0.25) is 0 Å². The molecule has 1 aliphatic carbocycles. The van der Waals surface area contributed by atoms with Gasteiger partial charge in [0.05, 0.1) is 13.7 Å². The largest absolute Gasteiger partial charge is 0.468 e. The number of hydrogen-bond acceptors (Lipinski definition) is 3. The van der Waals surface area contributed by atoms with Gasteiger partial charge < -0.3 is 4.74 Å². The van der Waals surface area contributed by atoms with Gasteiger partial charge in [0.1, 0.15) is 5.54 Å². The van der Waals surface area contributed by atoms with E-state index in [1.54, 1.807) is 0 Å². The first-order valence-electron chi connectivity index (χ1n) is 6.71. The van der Waals surface area contributed by atoms with Gasteiger partial charge in [0.25, 0.3) is 0 Å². The summed E-state index contributed by atoms with van der Waals surface area (Å²) >= 11 is 0. The maximum atomic E-state index is 12.5. The maximum Gasteiger partial charge on any atom is 0.401 e. The minimum Gasteiger partial charge on any atom is -0.468 e. The zero-order chi connectivity index (χ0) is 15.8. The number of carbonyl (C=O) groups excluding carboxylic acids is 1. The first kappa shape index (κ1) is 17.3. The third kappa shape index (κ3) is 4.36. The van der Waals surface area contributed by atoms with Gasteiger partial charge in [0.2, 0.25) is 0 Å². The molecule has 0 radical (unpaired) electrons. The van der Waals surface area contributed by atoms with Crippen LogP contribution in [-0.4, -0.2) is 31.3 Å². The molecule has 1 rings (SSSR count). The fourth-order valence-electron chi connectivity index (χ4n) is 3.92. The molecule has 0 bridgehead atoms. The molecule has 1 aliphatic rings. The Morgan fingerprint density at radius 1 is 1.10 bits per heavy atom. The second-order valence-electron chi connectivity index (χ2n) is 7.40. The summed E-state index contributed by atoms with van der Waals surface area (Å²) in [5.41, 5.74) is -1.72. The molecule has 0 spiro atoms. The SMILES string of the molecule is COC(=O)C1(NCC(F)(F)F)CC(C)(C)CC(C)(C)C1. The van der Waals surface area contributed by atoms with Crippen LogP contribution in [0.3, 0.4) is 0 Å². The lowest BCUT2D eigenvalue weighted by Crippen LogP contribution is -2.61. The van der Waals surface area contributed by atoms with Gasteiger partial charge in [-0.05, 0) is 30.1 Å². The number of nitrogens with one attached hydrogen (secondary N) is 1. The van der Waals surface area contributed by atoms with Crippen molar-refractivity contribution in [2.75, 3.05) is 13.7 Å². The van der Waals surface area contributed by atoms with Crippen LogP contribution in [0.5, 0.6) is 0 Å². The summed E-state index contributed by atoms with van der Waals surface area (Å²) in [6.45, 7) is 6.71. The molecule has 1 saturated carbocycles. The van der Waals surface area contributed by atoms with E-state index < -0.39 is 24.2 Å². The first-order chi connectivity index (χ1) is 8.81. The minimum absolute atomic E-state index is 0.228. The lowest BCUT2D eigenvalue weighted by atomic mass is 9.58. The molecule has 0 aliphatic heterocycles. The molecule has 0 saturated heterocycles. The summed E-state index contributed by atoms with van der Waals surface area (Å²) in [4.78, 5) is 12.1. The molecular formula is C14H24F3NO2. The average molecular weight is 295 g/mol. The molecule has 0 aromatic carbocycles. The van der Waals surface area contributed by atoms with E-state index in [1.807, 2.05) is 27.7 Å². The molecule has 20 heavy (non-hydrogen) atoms. The molecule has 0 atom stereocenters. The van der Waals surface area contributed by atoms with Crippen molar-refractivity contribution in [2.45, 2.75) is 58.7 Å². The van der Waals surface area contributed by atoms with Crippen LogP contribution >= 0.6 is 0 Å². The number of rotatable bonds is 3. The van der Waals surface area contributed by atoms with Crippen molar-refractivity contribution in [3.8, 4) is 0 Å². The molecule has 3 nitrogen and oxygen atoms in total. The molecule has 118 valence electrons. The second-order valence-corrected chi connectivity index (χ2v) is 7.40. The van der Waals surface area contributed by atoms with E-state index in [-0.39, 0.29) is 10.8 Å². The number of hydrogen-bond donors (Lipinski definition) is 1. The molecule has 0 aromatic rings. The van der Waals surface area contributed by atoms with Crippen LogP contribution < -0.4 is 5.32 Å². The number of ether oxygens (including phenoxy) is 1. The highest BCUT2D eigenvalue weighted by Gasteiger charge is 2.53. The van der Waals surface area contributed by atoms with Crippen LogP contribution in [0.4, 0.5) is 13.2 Å². The van der Waals surface area contributed by atoms with E-state index in [9.17, 15) is 18.0 Å². The van der Waals surface area contributed by atoms with Gasteiger partial charge in [-0.3, -0.25) is 10.1 Å². The molecule has 0 aromatic heterocycles. The molecule has 1 N–H and O–H groups in total. The molecule has 0 amide bonds. The predicted octanol–water partition coefficient (Wildman–Crippen LogP) is 3.29. The van der Waals surface area contributed by atoms with Crippen molar-refractivity contribution in [3.05, 3.63) is 0 Å². The van der Waals surface area contributed by atoms with Crippen LogP contribution in [0.15, 0.2) is 0 Å². The van der Waals surface area contributed by atoms with Crippen LogP contribution in [0, 0.1) is 10.8 Å². The van der Waals surface area contributed by atoms with Crippen molar-refractivity contribution in [3.63, 3.8) is 0 Å². The smallest absolute Gasteiger partial charge is 0.401 e. The fourth-order valence-corrected chi connectivity index (χ4v) is 3.92. The van der Waals surface area contributed by atoms with Gasteiger partial charge >= 0.3 is 12.1 Å². The van der Waals surface area contributed by atoms with Gasteiger partial charge in [0, 0.05) is 0 Å². The summed E-state index contributed by atoms with van der Waals surface area (Å²) in [6.07, 6.45) is -2.82. The second kappa shape index (κ2) is 5.20. The molecule has 1 fully saturated rings. The van der Waals surface area contributed by atoms with Gasteiger partial charge in [0.15, 0.2) is 0 Å². The Bertz CT molecular complexity index is 359. The zero-order valence-corrected chi connectivity index (χ0v) is 12.8. The quantitative estimate of drug-likeness (QED) is 0.812. The standard InChI is InChI=1S/C14H24F3NO2/c1-11(2)6-12(3,4)8-13(7-11,10(19)20-5)18-9-14(15,16)17/h18H,6-9H2,1-5H3. The zero-order valence-electron chi connectivity index (χ0n) is 12.8. The highest BCUT2D eigenvalue weighted by Crippen LogP contribution is 2.50. The third-order valence-electron chi connectivity index (χ3n) is 3.72. The van der Waals surface area contributed by atoms with E-state index in [1.165, 1.54) is 7.11 Å². The van der Waals surface area contributed by atoms with Gasteiger partial charge in [-0.25, -0.2) is 0 Å². The summed E-state index contributed by atoms with van der Waals surface area (Å²) in [5, 5.41) is 2.44. The molecule has 6 heteroatoms. The average Bonchev–Trinajstić information content (AvgIpc) is 2.20. The van der Waals surface area contributed by atoms with E-state index in [0.717, 1.165) is 6.42 Å². The predicted molar refractivity (Wildman–Crippen MR) is 70.2 cm³/mol. The maximum absolute atomic E-state index is 12.5. The van der Waals surface area contributed by atoms with Gasteiger partial charge in [-0.2, -0.15) is 13.2 Å². The number of halogens is 3. The van der Waals surface area contributed by atoms with Gasteiger partial charge in [-0.1, -0.05) is 27.7 Å². The van der Waals surface area contributed by atoms with Crippen molar-refractivity contribution < 1.29 is 22.7 Å². The number of alkyl halides is 3. The highest BCUT2D eigenvalue weighted by molar-refractivity contribution is 5.81. The Hall–Kier alpha value is -0.780. The Morgan fingerprint density at radius 3 is 1.90 bits per heavy atom. The van der Waals surface area contributed by atoms with E-state index in [2.05, 4.69) is 5.32 Å². The normalized spacial score (nSPS) is 24.2. The van der Waals surface area contributed by atoms with Crippen molar-refractivity contribution in [1.82, 2.24) is 5.32 Å². The van der Waals surface area contributed by atoms with E-state index in [0.29, 0.717) is 12.8 Å². The first-order valence-corrected chi connectivity index (χ1v) is 6.71. The van der Waals surface area contributed by atoms with E-state index >= 15 is 0 Å². The van der Waals surface area contributed by atoms with Crippen LogP contribution in [0.25, 0.3) is 0 Å². The number of esters is 1. The van der Waals surface area contributed by atoms with E-state index in [4.69, 9.17) is 4.74 Å². The fraction of sp³-hybridized carbons (Fsp3) is 0.929. The van der Waals surface area contributed by atoms with Crippen molar-refractivity contribution in [1.29, 1.82) is 0 Å². The van der Waals surface area contributed by atoms with Crippen molar-refractivity contribution >= 4 is 5.97 Å². The van der Waals surface area contributed by atoms with Crippen LogP contribution in [0.1, 0.15) is 47.0 Å². The van der Waals surface area contributed by atoms with Crippen molar-refractivity contribution in [2.24, 2.45) is 10.8 Å². The molecule has 0 unspecified atom stereocenters. The monoisotopic (exact) mass is 295 g/mol. The number of methoxy groups -OCH3 is 1. The Morgan fingerprint density at radius 2 is 1.55 bits per heavy atom. The Kier molecular flexibility index (Phi) is 4.49. The number of carbonyl (C=O) groups is 1. The third-order valence-corrected chi connectivity index (χ3v) is 3.72. The summed E-state index contributed by atoms with van der Waals surface area (Å²) in [7, 11) is 1.22. The Balaban J connectivity index is 3.07. The summed E-state index contributed by atoms with van der Waals surface area (Å²) in [5.74, 6) is -0.609. The minimum atomic E-state index is -4.35. The summed E-state index contributed by atoms with van der Waals surface area (Å²) in [6, 6.07) is 0. The topological polar surface area (TPSA) is 38.3 Å². The highest BCUT2D eigenvalue weighted by atomic mass is 19.4. The molecular weight excluding hydrogens is 271 g/mol.